The zero-order chi connectivity index (χ0) is 21.1. The molecule has 0 saturated heterocycles. The van der Waals surface area contributed by atoms with Crippen LogP contribution in [0.4, 0.5) is 13.2 Å². The minimum absolute atomic E-state index is 0.242. The van der Waals surface area contributed by atoms with Crippen molar-refractivity contribution in [3.63, 3.8) is 0 Å². The van der Waals surface area contributed by atoms with Crippen molar-refractivity contribution >= 4 is 11.9 Å². The summed E-state index contributed by atoms with van der Waals surface area (Å²) in [7, 11) is 1.41. The highest BCUT2D eigenvalue weighted by Crippen LogP contribution is 2.39. The Bertz CT molecular complexity index is 894. The first-order valence-corrected chi connectivity index (χ1v) is 8.40. The Morgan fingerprint density at radius 1 is 1.14 bits per heavy atom. The fourth-order valence-electron chi connectivity index (χ4n) is 2.98. The lowest BCUT2D eigenvalue weighted by Crippen LogP contribution is -2.24. The van der Waals surface area contributed by atoms with Gasteiger partial charge in [0.15, 0.2) is 0 Å². The number of rotatable bonds is 6. The highest BCUT2D eigenvalue weighted by Gasteiger charge is 2.32. The van der Waals surface area contributed by atoms with Gasteiger partial charge in [0.05, 0.1) is 25.1 Å². The molecule has 0 aromatic heterocycles. The lowest BCUT2D eigenvalue weighted by atomic mass is 9.91. The molecule has 0 fully saturated rings. The third-order valence-electron chi connectivity index (χ3n) is 4.17. The van der Waals surface area contributed by atoms with Crippen LogP contribution in [-0.2, 0) is 22.2 Å². The fourth-order valence-corrected chi connectivity index (χ4v) is 2.98. The number of methoxy groups -OCH3 is 1. The molecule has 5 nitrogen and oxygen atoms in total. The molecule has 1 atom stereocenters. The van der Waals surface area contributed by atoms with Crippen LogP contribution in [0.15, 0.2) is 36.4 Å². The number of halogens is 3. The van der Waals surface area contributed by atoms with E-state index < -0.39 is 23.8 Å². The molecule has 0 bridgehead atoms. The first-order valence-electron chi connectivity index (χ1n) is 8.40. The van der Waals surface area contributed by atoms with Crippen molar-refractivity contribution in [2.24, 2.45) is 0 Å². The van der Waals surface area contributed by atoms with E-state index in [9.17, 15) is 22.8 Å². The molecule has 2 aromatic carbocycles. The summed E-state index contributed by atoms with van der Waals surface area (Å²) in [5.74, 6) is -1.04. The molecule has 0 aliphatic rings. The summed E-state index contributed by atoms with van der Waals surface area (Å²) in [5.41, 5.74) is 0.738. The molecule has 0 radical (unpaired) electrons. The summed E-state index contributed by atoms with van der Waals surface area (Å²) in [5, 5.41) is 11.6. The molecule has 1 amide bonds. The van der Waals surface area contributed by atoms with Gasteiger partial charge in [0.25, 0.3) is 0 Å². The van der Waals surface area contributed by atoms with Crippen LogP contribution in [0.2, 0.25) is 0 Å². The van der Waals surface area contributed by atoms with Crippen molar-refractivity contribution in [2.75, 3.05) is 7.11 Å². The fraction of sp³-hybridized carbons (Fsp3) is 0.300. The summed E-state index contributed by atoms with van der Waals surface area (Å²) in [4.78, 5) is 22.5. The molecule has 0 heterocycles. The van der Waals surface area contributed by atoms with E-state index in [1.54, 1.807) is 25.1 Å². The Balaban J connectivity index is 2.69. The minimum atomic E-state index is -4.54. The number of carbonyl (C=O) groups is 2. The maximum atomic E-state index is 13.2. The minimum Gasteiger partial charge on any atom is -0.496 e. The summed E-state index contributed by atoms with van der Waals surface area (Å²) in [6.45, 7) is 2.85. The first kappa shape index (κ1) is 21.3. The van der Waals surface area contributed by atoms with Crippen LogP contribution in [0.5, 0.6) is 5.75 Å². The Labute approximate surface area is 160 Å². The number of carboxylic acid groups (broad SMARTS) is 1. The molecule has 2 aromatic rings. The van der Waals surface area contributed by atoms with Crippen molar-refractivity contribution in [3.8, 4) is 16.9 Å². The maximum absolute atomic E-state index is 13.2. The van der Waals surface area contributed by atoms with Crippen LogP contribution < -0.4 is 10.1 Å². The molecule has 2 rings (SSSR count). The summed E-state index contributed by atoms with van der Waals surface area (Å²) in [6.07, 6.45) is -4.79. The van der Waals surface area contributed by atoms with Gasteiger partial charge in [-0.05, 0) is 47.9 Å². The normalized spacial score (nSPS) is 12.4. The number of aliphatic carboxylic acids is 1. The zero-order valence-electron chi connectivity index (χ0n) is 15.6. The van der Waals surface area contributed by atoms with Crippen LogP contribution in [0.1, 0.15) is 36.6 Å². The average molecular weight is 395 g/mol. The largest absolute Gasteiger partial charge is 0.496 e. The summed E-state index contributed by atoms with van der Waals surface area (Å²) < 4.78 is 44.9. The smallest absolute Gasteiger partial charge is 0.416 e. The van der Waals surface area contributed by atoms with E-state index in [-0.39, 0.29) is 17.9 Å². The number of hydrogen-bond donors (Lipinski definition) is 2. The van der Waals surface area contributed by atoms with Gasteiger partial charge in [-0.2, -0.15) is 13.2 Å². The van der Waals surface area contributed by atoms with E-state index in [0.29, 0.717) is 22.4 Å². The molecule has 0 aliphatic carbocycles. The lowest BCUT2D eigenvalue weighted by molar-refractivity contribution is -0.138. The molecular weight excluding hydrogens is 375 g/mol. The van der Waals surface area contributed by atoms with Crippen LogP contribution in [-0.4, -0.2) is 24.1 Å². The van der Waals surface area contributed by atoms with Gasteiger partial charge in [0.1, 0.15) is 5.75 Å². The van der Waals surface area contributed by atoms with Gasteiger partial charge in [-0.15, -0.1) is 0 Å². The molecule has 1 unspecified atom stereocenters. The second kappa shape index (κ2) is 8.33. The third-order valence-corrected chi connectivity index (χ3v) is 4.17. The van der Waals surface area contributed by atoms with Gasteiger partial charge in [-0.1, -0.05) is 12.1 Å². The van der Waals surface area contributed by atoms with Crippen LogP contribution in [0.3, 0.4) is 0 Å². The van der Waals surface area contributed by atoms with Crippen LogP contribution in [0.25, 0.3) is 11.1 Å². The summed E-state index contributed by atoms with van der Waals surface area (Å²) >= 11 is 0. The van der Waals surface area contributed by atoms with Crippen molar-refractivity contribution in [3.05, 3.63) is 53.1 Å². The topological polar surface area (TPSA) is 75.6 Å². The third kappa shape index (κ3) is 5.03. The van der Waals surface area contributed by atoms with Gasteiger partial charge in [0.2, 0.25) is 5.91 Å². The molecule has 0 aliphatic heterocycles. The highest BCUT2D eigenvalue weighted by atomic mass is 19.4. The Hall–Kier alpha value is -3.03. The van der Waals surface area contributed by atoms with Crippen molar-refractivity contribution < 1.29 is 32.6 Å². The highest BCUT2D eigenvalue weighted by molar-refractivity contribution is 5.78. The monoisotopic (exact) mass is 395 g/mol. The Morgan fingerprint density at radius 2 is 1.82 bits per heavy atom. The van der Waals surface area contributed by atoms with E-state index in [0.717, 1.165) is 12.1 Å². The Kier molecular flexibility index (Phi) is 6.33. The van der Waals surface area contributed by atoms with Gasteiger partial charge >= 0.3 is 12.1 Å². The van der Waals surface area contributed by atoms with E-state index >= 15 is 0 Å². The molecule has 0 saturated carbocycles. The second-order valence-corrected chi connectivity index (χ2v) is 6.33. The number of ether oxygens (including phenoxy) is 1. The first-order chi connectivity index (χ1) is 13.0. The molecule has 8 heteroatoms. The number of carboxylic acids is 1. The van der Waals surface area contributed by atoms with E-state index in [1.807, 2.05) is 0 Å². The number of benzene rings is 2. The van der Waals surface area contributed by atoms with Crippen LogP contribution >= 0.6 is 0 Å². The molecule has 150 valence electrons. The Morgan fingerprint density at radius 3 is 2.36 bits per heavy atom. The number of carbonyl (C=O) groups excluding carboxylic acids is 1. The summed E-state index contributed by atoms with van der Waals surface area (Å²) in [6, 6.07) is 7.25. The molecule has 0 spiro atoms. The van der Waals surface area contributed by atoms with Gasteiger partial charge in [-0.3, -0.25) is 9.59 Å². The average Bonchev–Trinajstić information content (AvgIpc) is 2.59. The predicted molar refractivity (Wildman–Crippen MR) is 97.0 cm³/mol. The number of amides is 1. The maximum Gasteiger partial charge on any atom is 0.416 e. The van der Waals surface area contributed by atoms with E-state index in [4.69, 9.17) is 9.84 Å². The standard InChI is InChI=1S/C20H20F3NO4/c1-11(24-12(2)25)16-10-14(20(21,22)23)5-6-15(16)17-8-13(9-19(26)27)4-7-18(17)28-3/h4-8,10-11H,9H2,1-3H3,(H,24,25)(H,26,27). The molecule has 2 N–H and O–H groups in total. The van der Waals surface area contributed by atoms with E-state index in [1.165, 1.54) is 20.1 Å². The van der Waals surface area contributed by atoms with Crippen molar-refractivity contribution in [1.29, 1.82) is 0 Å². The second-order valence-electron chi connectivity index (χ2n) is 6.33. The lowest BCUT2D eigenvalue weighted by Gasteiger charge is -2.21. The van der Waals surface area contributed by atoms with Crippen LogP contribution in [0, 0.1) is 0 Å². The number of alkyl halides is 3. The SMILES string of the molecule is COc1ccc(CC(=O)O)cc1-c1ccc(C(F)(F)F)cc1C(C)NC(C)=O. The van der Waals surface area contributed by atoms with Gasteiger partial charge in [0, 0.05) is 12.5 Å². The predicted octanol–water partition coefficient (Wildman–Crippen LogP) is 4.21. The van der Waals surface area contributed by atoms with Gasteiger partial charge in [-0.25, -0.2) is 0 Å². The number of hydrogen-bond acceptors (Lipinski definition) is 3. The quantitative estimate of drug-likeness (QED) is 0.769. The van der Waals surface area contributed by atoms with Crippen molar-refractivity contribution in [1.82, 2.24) is 5.32 Å². The van der Waals surface area contributed by atoms with Crippen molar-refractivity contribution in [2.45, 2.75) is 32.5 Å². The van der Waals surface area contributed by atoms with E-state index in [2.05, 4.69) is 5.32 Å². The number of nitrogens with one attached hydrogen (secondary N) is 1. The zero-order valence-corrected chi connectivity index (χ0v) is 15.6. The molecular formula is C20H20F3NO4. The van der Waals surface area contributed by atoms with Gasteiger partial charge < -0.3 is 15.2 Å². The molecule has 28 heavy (non-hydrogen) atoms.